The van der Waals surface area contributed by atoms with Crippen molar-refractivity contribution in [1.82, 2.24) is 0 Å². The minimum atomic E-state index is -0.644. The number of carbonyl (C=O) groups is 1. The van der Waals surface area contributed by atoms with E-state index in [0.29, 0.717) is 5.56 Å². The summed E-state index contributed by atoms with van der Waals surface area (Å²) in [5, 5.41) is 2.41. The van der Waals surface area contributed by atoms with Crippen LogP contribution in [0.15, 0.2) is 18.2 Å². The van der Waals surface area contributed by atoms with Crippen LogP contribution < -0.4 is 11.1 Å². The van der Waals surface area contributed by atoms with Crippen molar-refractivity contribution in [3.8, 4) is 0 Å². The summed E-state index contributed by atoms with van der Waals surface area (Å²) >= 11 is 0. The molecule has 0 spiro atoms. The zero-order valence-corrected chi connectivity index (χ0v) is 8.17. The number of halogens is 1. The molecule has 1 amide bonds. The maximum absolute atomic E-state index is 13.4. The Bertz CT molecular complexity index is 350. The van der Waals surface area contributed by atoms with E-state index in [4.69, 9.17) is 5.73 Å². The van der Waals surface area contributed by atoms with Crippen LogP contribution in [0.5, 0.6) is 0 Å². The fraction of sp³-hybridized carbons (Fsp3) is 0.300. The lowest BCUT2D eigenvalue weighted by atomic mass is 10.2. The van der Waals surface area contributed by atoms with E-state index in [1.807, 2.05) is 0 Å². The normalized spacial score (nSPS) is 12.3. The van der Waals surface area contributed by atoms with Gasteiger partial charge in [0, 0.05) is 0 Å². The second kappa shape index (κ2) is 4.19. The van der Waals surface area contributed by atoms with E-state index in [1.165, 1.54) is 6.07 Å². The lowest BCUT2D eigenvalue weighted by molar-refractivity contribution is -0.117. The van der Waals surface area contributed by atoms with Crippen LogP contribution in [0.3, 0.4) is 0 Å². The largest absolute Gasteiger partial charge is 0.322 e. The average Bonchev–Trinajstić information content (AvgIpc) is 2.12. The lowest BCUT2D eigenvalue weighted by Crippen LogP contribution is -2.32. The highest BCUT2D eigenvalue weighted by atomic mass is 19.1. The van der Waals surface area contributed by atoms with E-state index in [0.717, 1.165) is 0 Å². The number of amides is 1. The predicted molar refractivity (Wildman–Crippen MR) is 53.4 cm³/mol. The van der Waals surface area contributed by atoms with Crippen LogP contribution >= 0.6 is 0 Å². The fourth-order valence-electron chi connectivity index (χ4n) is 0.991. The number of nitrogens with one attached hydrogen (secondary N) is 1. The molecule has 1 rings (SSSR count). The van der Waals surface area contributed by atoms with E-state index in [2.05, 4.69) is 5.32 Å². The third-order valence-electron chi connectivity index (χ3n) is 1.86. The third kappa shape index (κ3) is 2.29. The summed E-state index contributed by atoms with van der Waals surface area (Å²) in [6.45, 7) is 3.18. The molecule has 0 aliphatic rings. The van der Waals surface area contributed by atoms with Gasteiger partial charge in [-0.25, -0.2) is 4.39 Å². The molecule has 1 atom stereocenters. The van der Waals surface area contributed by atoms with E-state index < -0.39 is 17.8 Å². The summed E-state index contributed by atoms with van der Waals surface area (Å²) in [7, 11) is 0. The standard InChI is InChI=1S/C10H13FN2O/c1-6-4-3-5-8(9(6)11)13-10(14)7(2)12/h3-5,7H,12H2,1-2H3,(H,13,14)/t7-/m0/s1. The number of hydrogen-bond acceptors (Lipinski definition) is 2. The molecule has 14 heavy (non-hydrogen) atoms. The second-order valence-corrected chi connectivity index (χ2v) is 3.21. The number of rotatable bonds is 2. The maximum atomic E-state index is 13.4. The first kappa shape index (κ1) is 10.7. The molecule has 0 bridgehead atoms. The summed E-state index contributed by atoms with van der Waals surface area (Å²) in [5.74, 6) is -0.809. The van der Waals surface area contributed by atoms with Crippen molar-refractivity contribution in [3.05, 3.63) is 29.6 Å². The molecule has 0 heterocycles. The Balaban J connectivity index is 2.87. The molecule has 76 valence electrons. The quantitative estimate of drug-likeness (QED) is 0.751. The molecule has 1 aromatic rings. The highest BCUT2D eigenvalue weighted by Gasteiger charge is 2.11. The van der Waals surface area contributed by atoms with E-state index in [9.17, 15) is 9.18 Å². The first-order valence-electron chi connectivity index (χ1n) is 4.34. The Morgan fingerprint density at radius 3 is 2.79 bits per heavy atom. The zero-order chi connectivity index (χ0) is 10.7. The first-order valence-corrected chi connectivity index (χ1v) is 4.34. The molecule has 0 radical (unpaired) electrons. The molecule has 0 saturated heterocycles. The van der Waals surface area contributed by atoms with Gasteiger partial charge in [-0.3, -0.25) is 4.79 Å². The summed E-state index contributed by atoms with van der Waals surface area (Å²) < 4.78 is 13.4. The molecule has 0 fully saturated rings. The summed E-state index contributed by atoms with van der Waals surface area (Å²) in [6.07, 6.45) is 0. The molecule has 4 heteroatoms. The van der Waals surface area contributed by atoms with E-state index in [-0.39, 0.29) is 5.69 Å². The van der Waals surface area contributed by atoms with Crippen LogP contribution in [-0.2, 0) is 4.79 Å². The Hall–Kier alpha value is -1.42. The number of aryl methyl sites for hydroxylation is 1. The van der Waals surface area contributed by atoms with Gasteiger partial charge < -0.3 is 11.1 Å². The molecular weight excluding hydrogens is 183 g/mol. The highest BCUT2D eigenvalue weighted by Crippen LogP contribution is 2.16. The Morgan fingerprint density at radius 1 is 1.57 bits per heavy atom. The number of nitrogens with two attached hydrogens (primary N) is 1. The maximum Gasteiger partial charge on any atom is 0.241 e. The Kier molecular flexibility index (Phi) is 3.19. The minimum Gasteiger partial charge on any atom is -0.322 e. The topological polar surface area (TPSA) is 55.1 Å². The number of benzene rings is 1. The number of anilines is 1. The molecular formula is C10H13FN2O. The third-order valence-corrected chi connectivity index (χ3v) is 1.86. The van der Waals surface area contributed by atoms with Crippen molar-refractivity contribution in [2.24, 2.45) is 5.73 Å². The average molecular weight is 196 g/mol. The monoisotopic (exact) mass is 196 g/mol. The first-order chi connectivity index (χ1) is 6.52. The lowest BCUT2D eigenvalue weighted by Gasteiger charge is -2.09. The fourth-order valence-corrected chi connectivity index (χ4v) is 0.991. The van der Waals surface area contributed by atoms with Gasteiger partial charge in [-0.2, -0.15) is 0 Å². The van der Waals surface area contributed by atoms with Gasteiger partial charge >= 0.3 is 0 Å². The van der Waals surface area contributed by atoms with Gasteiger partial charge in [-0.05, 0) is 25.5 Å². The van der Waals surface area contributed by atoms with E-state index >= 15 is 0 Å². The van der Waals surface area contributed by atoms with Gasteiger partial charge in [-0.15, -0.1) is 0 Å². The van der Waals surface area contributed by atoms with Crippen LogP contribution in [0.2, 0.25) is 0 Å². The molecule has 0 unspecified atom stereocenters. The van der Waals surface area contributed by atoms with Gasteiger partial charge in [0.15, 0.2) is 0 Å². The summed E-state index contributed by atoms with van der Waals surface area (Å²) in [6, 6.07) is 4.17. The smallest absolute Gasteiger partial charge is 0.241 e. The molecule has 0 aliphatic heterocycles. The van der Waals surface area contributed by atoms with Gasteiger partial charge in [0.25, 0.3) is 0 Å². The minimum absolute atomic E-state index is 0.173. The van der Waals surface area contributed by atoms with Crippen LogP contribution in [0.25, 0.3) is 0 Å². The van der Waals surface area contributed by atoms with Gasteiger partial charge in [0.2, 0.25) is 5.91 Å². The summed E-state index contributed by atoms with van der Waals surface area (Å²) in [5.41, 5.74) is 6.00. The van der Waals surface area contributed by atoms with Crippen molar-refractivity contribution >= 4 is 11.6 Å². The Labute approximate surface area is 82.1 Å². The Morgan fingerprint density at radius 2 is 2.21 bits per heavy atom. The highest BCUT2D eigenvalue weighted by molar-refractivity contribution is 5.94. The summed E-state index contributed by atoms with van der Waals surface area (Å²) in [4.78, 5) is 11.2. The molecule has 0 aliphatic carbocycles. The molecule has 3 N–H and O–H groups in total. The number of carbonyl (C=O) groups excluding carboxylic acids is 1. The number of hydrogen-bond donors (Lipinski definition) is 2. The van der Waals surface area contributed by atoms with Crippen molar-refractivity contribution in [1.29, 1.82) is 0 Å². The van der Waals surface area contributed by atoms with Crippen LogP contribution in [0, 0.1) is 12.7 Å². The van der Waals surface area contributed by atoms with E-state index in [1.54, 1.807) is 26.0 Å². The van der Waals surface area contributed by atoms with Gasteiger partial charge in [0.05, 0.1) is 11.7 Å². The second-order valence-electron chi connectivity index (χ2n) is 3.21. The van der Waals surface area contributed by atoms with Crippen molar-refractivity contribution in [2.45, 2.75) is 19.9 Å². The van der Waals surface area contributed by atoms with Crippen molar-refractivity contribution < 1.29 is 9.18 Å². The molecule has 3 nitrogen and oxygen atoms in total. The predicted octanol–water partition coefficient (Wildman–Crippen LogP) is 1.42. The van der Waals surface area contributed by atoms with Gasteiger partial charge in [-0.1, -0.05) is 12.1 Å². The van der Waals surface area contributed by atoms with Crippen LogP contribution in [-0.4, -0.2) is 11.9 Å². The van der Waals surface area contributed by atoms with Gasteiger partial charge in [0.1, 0.15) is 5.82 Å². The van der Waals surface area contributed by atoms with Crippen molar-refractivity contribution in [3.63, 3.8) is 0 Å². The van der Waals surface area contributed by atoms with Crippen LogP contribution in [0.1, 0.15) is 12.5 Å². The van der Waals surface area contributed by atoms with Crippen LogP contribution in [0.4, 0.5) is 10.1 Å². The zero-order valence-electron chi connectivity index (χ0n) is 8.17. The molecule has 0 aromatic heterocycles. The van der Waals surface area contributed by atoms with Crippen molar-refractivity contribution in [2.75, 3.05) is 5.32 Å². The molecule has 0 saturated carbocycles. The SMILES string of the molecule is Cc1cccc(NC(=O)[C@H](C)N)c1F. The molecule has 1 aromatic carbocycles.